The number of halogens is 1. The van der Waals surface area contributed by atoms with E-state index in [1.165, 1.54) is 6.33 Å². The summed E-state index contributed by atoms with van der Waals surface area (Å²) in [7, 11) is 1.86. The minimum absolute atomic E-state index is 0.264. The number of hydrogen-bond acceptors (Lipinski definition) is 4. The van der Waals surface area contributed by atoms with Crippen LogP contribution in [-0.2, 0) is 7.05 Å². The average Bonchev–Trinajstić information content (AvgIpc) is 2.57. The van der Waals surface area contributed by atoms with Gasteiger partial charge in [0.25, 0.3) is 0 Å². The molecule has 0 aromatic carbocycles. The molecule has 5 nitrogen and oxygen atoms in total. The summed E-state index contributed by atoms with van der Waals surface area (Å²) in [6, 6.07) is 0. The molecule has 0 unspecified atom stereocenters. The molecule has 0 saturated carbocycles. The van der Waals surface area contributed by atoms with Crippen molar-refractivity contribution in [2.75, 3.05) is 5.73 Å². The summed E-state index contributed by atoms with van der Waals surface area (Å²) in [5, 5.41) is 0.335. The fourth-order valence-corrected chi connectivity index (χ4v) is 1.32. The number of nitrogens with two attached hydrogens (primary N) is 1. The van der Waals surface area contributed by atoms with Crippen molar-refractivity contribution in [3.8, 4) is 11.5 Å². The molecule has 2 N–H and O–H groups in total. The van der Waals surface area contributed by atoms with Gasteiger partial charge in [0, 0.05) is 19.4 Å². The predicted molar refractivity (Wildman–Crippen MR) is 53.7 cm³/mol. The molecule has 0 aliphatic rings. The molecule has 0 aliphatic heterocycles. The Labute approximate surface area is 85.6 Å². The van der Waals surface area contributed by atoms with Crippen LogP contribution >= 0.6 is 11.6 Å². The van der Waals surface area contributed by atoms with E-state index in [4.69, 9.17) is 17.3 Å². The molecule has 2 heterocycles. The normalized spacial score (nSPS) is 10.4. The van der Waals surface area contributed by atoms with E-state index in [1.807, 2.05) is 17.8 Å². The number of hydrogen-bond donors (Lipinski definition) is 1. The average molecular weight is 210 g/mol. The minimum atomic E-state index is 0.264. The van der Waals surface area contributed by atoms with Crippen molar-refractivity contribution >= 4 is 17.4 Å². The minimum Gasteiger partial charge on any atom is -0.382 e. The highest BCUT2D eigenvalue weighted by Gasteiger charge is 2.12. The molecule has 0 bridgehead atoms. The van der Waals surface area contributed by atoms with Crippen molar-refractivity contribution in [3.05, 3.63) is 23.7 Å². The number of nitrogen functional groups attached to an aromatic ring is 1. The topological polar surface area (TPSA) is 69.6 Å². The molecule has 0 amide bonds. The summed E-state index contributed by atoms with van der Waals surface area (Å²) in [6.07, 6.45) is 4.85. The van der Waals surface area contributed by atoms with Gasteiger partial charge in [0.15, 0.2) is 5.82 Å². The Balaban J connectivity index is 2.63. The van der Waals surface area contributed by atoms with Crippen LogP contribution in [0.5, 0.6) is 0 Å². The monoisotopic (exact) mass is 209 g/mol. The molecule has 2 aromatic heterocycles. The molecule has 14 heavy (non-hydrogen) atoms. The van der Waals surface area contributed by atoms with Crippen LogP contribution in [0.2, 0.25) is 5.02 Å². The molecule has 0 aliphatic carbocycles. The second-order valence-corrected chi connectivity index (χ2v) is 3.16. The Bertz CT molecular complexity index is 465. The van der Waals surface area contributed by atoms with Gasteiger partial charge >= 0.3 is 0 Å². The summed E-state index contributed by atoms with van der Waals surface area (Å²) in [5.41, 5.74) is 6.10. The summed E-state index contributed by atoms with van der Waals surface area (Å²) in [6.45, 7) is 0. The zero-order chi connectivity index (χ0) is 10.1. The molecular weight excluding hydrogens is 202 g/mol. The Morgan fingerprint density at radius 3 is 2.79 bits per heavy atom. The first kappa shape index (κ1) is 8.96. The van der Waals surface area contributed by atoms with Crippen molar-refractivity contribution in [3.63, 3.8) is 0 Å². The van der Waals surface area contributed by atoms with E-state index in [2.05, 4.69) is 15.0 Å². The number of rotatable bonds is 1. The maximum Gasteiger partial charge on any atom is 0.160 e. The predicted octanol–water partition coefficient (Wildman–Crippen LogP) is 1.11. The number of anilines is 1. The molecule has 72 valence electrons. The molecule has 0 fully saturated rings. The Kier molecular flexibility index (Phi) is 2.09. The van der Waals surface area contributed by atoms with Gasteiger partial charge in [0.1, 0.15) is 22.9 Å². The fourth-order valence-electron chi connectivity index (χ4n) is 1.13. The van der Waals surface area contributed by atoms with Crippen LogP contribution in [0.3, 0.4) is 0 Å². The first-order valence-electron chi connectivity index (χ1n) is 3.94. The lowest BCUT2D eigenvalue weighted by atomic mass is 10.3. The molecule has 0 spiro atoms. The second kappa shape index (κ2) is 3.26. The van der Waals surface area contributed by atoms with Gasteiger partial charge in [-0.1, -0.05) is 11.6 Å². The van der Waals surface area contributed by atoms with Crippen LogP contribution in [-0.4, -0.2) is 19.5 Å². The van der Waals surface area contributed by atoms with Gasteiger partial charge in [-0.05, 0) is 0 Å². The van der Waals surface area contributed by atoms with E-state index in [1.54, 1.807) is 6.20 Å². The summed E-state index contributed by atoms with van der Waals surface area (Å²) in [5.74, 6) is 0.934. The van der Waals surface area contributed by atoms with Gasteiger partial charge in [0.05, 0.1) is 0 Å². The van der Waals surface area contributed by atoms with Crippen molar-refractivity contribution in [1.82, 2.24) is 19.5 Å². The number of imidazole rings is 1. The highest BCUT2D eigenvalue weighted by molar-refractivity contribution is 6.35. The van der Waals surface area contributed by atoms with Gasteiger partial charge in [-0.25, -0.2) is 15.0 Å². The quantitative estimate of drug-likeness (QED) is 0.764. The SMILES string of the molecule is Cn1ccnc1-c1ncnc(N)c1Cl. The highest BCUT2D eigenvalue weighted by Crippen LogP contribution is 2.26. The summed E-state index contributed by atoms with van der Waals surface area (Å²) < 4.78 is 1.81. The van der Waals surface area contributed by atoms with Crippen molar-refractivity contribution < 1.29 is 0 Å². The fraction of sp³-hybridized carbons (Fsp3) is 0.125. The van der Waals surface area contributed by atoms with Gasteiger partial charge < -0.3 is 10.3 Å². The summed E-state index contributed by atoms with van der Waals surface area (Å²) >= 11 is 5.95. The molecule has 0 atom stereocenters. The van der Waals surface area contributed by atoms with Gasteiger partial charge in [-0.3, -0.25) is 0 Å². The van der Waals surface area contributed by atoms with Gasteiger partial charge in [-0.2, -0.15) is 0 Å². The number of aromatic nitrogens is 4. The molecular formula is C8H8ClN5. The molecule has 6 heteroatoms. The maximum absolute atomic E-state index is 5.95. The van der Waals surface area contributed by atoms with Crippen LogP contribution < -0.4 is 5.73 Å². The van der Waals surface area contributed by atoms with E-state index in [-0.39, 0.29) is 5.82 Å². The smallest absolute Gasteiger partial charge is 0.160 e. The molecule has 0 saturated heterocycles. The number of nitrogens with zero attached hydrogens (tertiary/aromatic N) is 4. The third-order valence-electron chi connectivity index (χ3n) is 1.85. The third-order valence-corrected chi connectivity index (χ3v) is 2.22. The Morgan fingerprint density at radius 1 is 1.36 bits per heavy atom. The van der Waals surface area contributed by atoms with Crippen LogP contribution in [0.4, 0.5) is 5.82 Å². The zero-order valence-corrected chi connectivity index (χ0v) is 8.23. The van der Waals surface area contributed by atoms with Crippen LogP contribution in [0.25, 0.3) is 11.5 Å². The Morgan fingerprint density at radius 2 is 2.14 bits per heavy atom. The standard InChI is InChI=1S/C8H8ClN5/c1-14-3-2-11-8(14)6-5(9)7(10)13-4-12-6/h2-4H,1H3,(H2,10,12,13). The van der Waals surface area contributed by atoms with E-state index >= 15 is 0 Å². The summed E-state index contributed by atoms with van der Waals surface area (Å²) in [4.78, 5) is 11.9. The van der Waals surface area contributed by atoms with E-state index in [0.717, 1.165) is 0 Å². The number of aryl methyl sites for hydroxylation is 1. The molecule has 2 aromatic rings. The first-order chi connectivity index (χ1) is 6.70. The van der Waals surface area contributed by atoms with E-state index in [0.29, 0.717) is 16.5 Å². The largest absolute Gasteiger partial charge is 0.382 e. The van der Waals surface area contributed by atoms with Crippen molar-refractivity contribution in [1.29, 1.82) is 0 Å². The zero-order valence-electron chi connectivity index (χ0n) is 7.48. The molecule has 2 rings (SSSR count). The van der Waals surface area contributed by atoms with E-state index < -0.39 is 0 Å². The lowest BCUT2D eigenvalue weighted by molar-refractivity contribution is 0.915. The Hall–Kier alpha value is -1.62. The van der Waals surface area contributed by atoms with Crippen LogP contribution in [0.1, 0.15) is 0 Å². The lowest BCUT2D eigenvalue weighted by Gasteiger charge is -2.03. The molecule has 0 radical (unpaired) electrons. The van der Waals surface area contributed by atoms with Crippen molar-refractivity contribution in [2.45, 2.75) is 0 Å². The van der Waals surface area contributed by atoms with Crippen LogP contribution in [0, 0.1) is 0 Å². The van der Waals surface area contributed by atoms with Crippen molar-refractivity contribution in [2.24, 2.45) is 7.05 Å². The van der Waals surface area contributed by atoms with Gasteiger partial charge in [0.2, 0.25) is 0 Å². The maximum atomic E-state index is 5.95. The van der Waals surface area contributed by atoms with Crippen LogP contribution in [0.15, 0.2) is 18.7 Å². The van der Waals surface area contributed by atoms with E-state index in [9.17, 15) is 0 Å². The first-order valence-corrected chi connectivity index (χ1v) is 4.31. The van der Waals surface area contributed by atoms with Gasteiger partial charge in [-0.15, -0.1) is 0 Å². The second-order valence-electron chi connectivity index (χ2n) is 2.78. The lowest BCUT2D eigenvalue weighted by Crippen LogP contribution is -1.99. The highest BCUT2D eigenvalue weighted by atomic mass is 35.5. The third kappa shape index (κ3) is 1.31.